The van der Waals surface area contributed by atoms with Gasteiger partial charge < -0.3 is 26.2 Å². The zero-order valence-corrected chi connectivity index (χ0v) is 19.5. The van der Waals surface area contributed by atoms with Gasteiger partial charge in [-0.25, -0.2) is 0 Å². The van der Waals surface area contributed by atoms with Crippen molar-refractivity contribution in [2.75, 3.05) is 48.8 Å². The summed E-state index contributed by atoms with van der Waals surface area (Å²) in [6.07, 6.45) is 1.06. The molecule has 0 radical (unpaired) electrons. The van der Waals surface area contributed by atoms with Crippen molar-refractivity contribution in [1.82, 2.24) is 10.6 Å². The molecule has 2 atom stereocenters. The minimum absolute atomic E-state index is 0.0926. The Morgan fingerprint density at radius 3 is 2.31 bits per heavy atom. The molecule has 2 aromatic rings. The van der Waals surface area contributed by atoms with Gasteiger partial charge in [0.05, 0.1) is 0 Å². The molecule has 32 heavy (non-hydrogen) atoms. The van der Waals surface area contributed by atoms with E-state index in [0.717, 1.165) is 38.3 Å². The van der Waals surface area contributed by atoms with E-state index in [1.807, 2.05) is 4.90 Å². The van der Waals surface area contributed by atoms with Gasteiger partial charge in [0.2, 0.25) is 5.91 Å². The van der Waals surface area contributed by atoms with Crippen molar-refractivity contribution in [2.24, 2.45) is 5.92 Å². The molecule has 0 aliphatic carbocycles. The largest absolute Gasteiger partial charge is 0.399 e. The SMILES string of the molecule is CC(=O)N1c2ccc(N3CCNCC3)cc2CC(C)[C@@H]1C.CNC(=O)c1ccc(N)cc1. The molecule has 1 saturated heterocycles. The molecule has 7 heteroatoms. The van der Waals surface area contributed by atoms with Crippen molar-refractivity contribution in [3.05, 3.63) is 53.6 Å². The van der Waals surface area contributed by atoms with Crippen LogP contribution in [0.3, 0.4) is 0 Å². The Balaban J connectivity index is 0.000000222. The quantitative estimate of drug-likeness (QED) is 0.629. The Labute approximate surface area is 191 Å². The van der Waals surface area contributed by atoms with E-state index in [4.69, 9.17) is 5.73 Å². The predicted molar refractivity (Wildman–Crippen MR) is 131 cm³/mol. The molecule has 2 heterocycles. The maximum absolute atomic E-state index is 12.0. The molecule has 2 aliphatic rings. The highest BCUT2D eigenvalue weighted by Crippen LogP contribution is 2.36. The summed E-state index contributed by atoms with van der Waals surface area (Å²) in [4.78, 5) is 27.4. The average Bonchev–Trinajstić information content (AvgIpc) is 2.80. The number of piperazine rings is 1. The minimum Gasteiger partial charge on any atom is -0.399 e. The van der Waals surface area contributed by atoms with E-state index in [2.05, 4.69) is 47.6 Å². The van der Waals surface area contributed by atoms with Crippen molar-refractivity contribution in [1.29, 1.82) is 0 Å². The van der Waals surface area contributed by atoms with E-state index in [1.54, 1.807) is 38.2 Å². The first kappa shape index (κ1) is 23.6. The fourth-order valence-electron chi connectivity index (χ4n) is 4.32. The topological polar surface area (TPSA) is 90.7 Å². The summed E-state index contributed by atoms with van der Waals surface area (Å²) in [5, 5.41) is 5.91. The lowest BCUT2D eigenvalue weighted by atomic mass is 9.87. The van der Waals surface area contributed by atoms with Gasteiger partial charge in [-0.05, 0) is 67.3 Å². The number of carbonyl (C=O) groups excluding carboxylic acids is 2. The first-order chi connectivity index (χ1) is 15.3. The van der Waals surface area contributed by atoms with Crippen LogP contribution in [0.1, 0.15) is 36.7 Å². The third-order valence-electron chi connectivity index (χ3n) is 6.32. The Morgan fingerprint density at radius 1 is 1.06 bits per heavy atom. The van der Waals surface area contributed by atoms with Gasteiger partial charge in [-0.15, -0.1) is 0 Å². The summed E-state index contributed by atoms with van der Waals surface area (Å²) < 4.78 is 0. The average molecular weight is 438 g/mol. The van der Waals surface area contributed by atoms with E-state index >= 15 is 0 Å². The molecular weight excluding hydrogens is 402 g/mol. The van der Waals surface area contributed by atoms with Gasteiger partial charge in [0.1, 0.15) is 0 Å². The Bertz CT molecular complexity index is 938. The molecule has 2 aromatic carbocycles. The second kappa shape index (κ2) is 10.5. The second-order valence-corrected chi connectivity index (χ2v) is 8.56. The summed E-state index contributed by atoms with van der Waals surface area (Å²) in [7, 11) is 1.60. The summed E-state index contributed by atoms with van der Waals surface area (Å²) in [6.45, 7) is 10.3. The van der Waals surface area contributed by atoms with Crippen LogP contribution in [0.4, 0.5) is 17.1 Å². The van der Waals surface area contributed by atoms with Crippen molar-refractivity contribution in [3.8, 4) is 0 Å². The zero-order valence-electron chi connectivity index (χ0n) is 19.5. The van der Waals surface area contributed by atoms with Crippen LogP contribution < -0.4 is 26.2 Å². The molecule has 0 bridgehead atoms. The smallest absolute Gasteiger partial charge is 0.251 e. The molecule has 172 valence electrons. The number of nitrogens with one attached hydrogen (secondary N) is 2. The van der Waals surface area contributed by atoms with Gasteiger partial charge in [0, 0.05) is 68.8 Å². The maximum atomic E-state index is 12.0. The van der Waals surface area contributed by atoms with Crippen LogP contribution in [0.5, 0.6) is 0 Å². The highest BCUT2D eigenvalue weighted by atomic mass is 16.2. The number of hydrogen-bond donors (Lipinski definition) is 3. The number of nitrogen functional groups attached to an aromatic ring is 1. The Kier molecular flexibility index (Phi) is 7.75. The molecule has 4 N–H and O–H groups in total. The van der Waals surface area contributed by atoms with Gasteiger partial charge in [-0.2, -0.15) is 0 Å². The van der Waals surface area contributed by atoms with Crippen molar-refractivity contribution < 1.29 is 9.59 Å². The van der Waals surface area contributed by atoms with E-state index in [0.29, 0.717) is 17.2 Å². The molecule has 4 rings (SSSR count). The first-order valence-electron chi connectivity index (χ1n) is 11.3. The Morgan fingerprint density at radius 2 is 1.72 bits per heavy atom. The number of hydrogen-bond acceptors (Lipinski definition) is 5. The van der Waals surface area contributed by atoms with Gasteiger partial charge in [0.25, 0.3) is 5.91 Å². The predicted octanol–water partition coefficient (Wildman–Crippen LogP) is 2.66. The van der Waals surface area contributed by atoms with Gasteiger partial charge >= 0.3 is 0 Å². The van der Waals surface area contributed by atoms with Crippen LogP contribution in [0, 0.1) is 5.92 Å². The fourth-order valence-corrected chi connectivity index (χ4v) is 4.32. The molecule has 7 nitrogen and oxygen atoms in total. The number of fused-ring (bicyclic) bond motifs is 1. The zero-order chi connectivity index (χ0) is 23.3. The highest BCUT2D eigenvalue weighted by molar-refractivity contribution is 5.94. The van der Waals surface area contributed by atoms with Gasteiger partial charge in [-0.1, -0.05) is 6.92 Å². The molecule has 1 unspecified atom stereocenters. The van der Waals surface area contributed by atoms with E-state index in [9.17, 15) is 9.59 Å². The molecule has 2 amide bonds. The third kappa shape index (κ3) is 5.40. The lowest BCUT2D eigenvalue weighted by molar-refractivity contribution is -0.117. The number of carbonyl (C=O) groups is 2. The summed E-state index contributed by atoms with van der Waals surface area (Å²) in [5.41, 5.74) is 10.4. The van der Waals surface area contributed by atoms with Crippen LogP contribution >= 0.6 is 0 Å². The van der Waals surface area contributed by atoms with Crippen LogP contribution in [0.15, 0.2) is 42.5 Å². The minimum atomic E-state index is -0.0926. The molecule has 0 spiro atoms. The monoisotopic (exact) mass is 437 g/mol. The fraction of sp³-hybridized carbons (Fsp3) is 0.440. The third-order valence-corrected chi connectivity index (χ3v) is 6.32. The maximum Gasteiger partial charge on any atom is 0.251 e. The van der Waals surface area contributed by atoms with Crippen LogP contribution in [-0.2, 0) is 11.2 Å². The summed E-state index contributed by atoms with van der Waals surface area (Å²) >= 11 is 0. The first-order valence-corrected chi connectivity index (χ1v) is 11.3. The summed E-state index contributed by atoms with van der Waals surface area (Å²) in [6, 6.07) is 13.6. The molecule has 1 fully saturated rings. The second-order valence-electron chi connectivity index (χ2n) is 8.56. The lowest BCUT2D eigenvalue weighted by Crippen LogP contribution is -2.46. The number of benzene rings is 2. The van der Waals surface area contributed by atoms with Crippen LogP contribution in [0.25, 0.3) is 0 Å². The van der Waals surface area contributed by atoms with E-state index in [1.165, 1.54) is 11.3 Å². The summed E-state index contributed by atoms with van der Waals surface area (Å²) in [5.74, 6) is 0.551. The highest BCUT2D eigenvalue weighted by Gasteiger charge is 2.31. The van der Waals surface area contributed by atoms with Crippen LogP contribution in [-0.4, -0.2) is 51.1 Å². The molecular formula is C25H35N5O2. The van der Waals surface area contributed by atoms with Gasteiger partial charge in [-0.3, -0.25) is 9.59 Å². The number of anilines is 3. The van der Waals surface area contributed by atoms with Crippen molar-refractivity contribution in [3.63, 3.8) is 0 Å². The number of nitrogens with two attached hydrogens (primary N) is 1. The van der Waals surface area contributed by atoms with Crippen molar-refractivity contribution in [2.45, 2.75) is 33.2 Å². The van der Waals surface area contributed by atoms with E-state index < -0.39 is 0 Å². The van der Waals surface area contributed by atoms with Crippen LogP contribution in [0.2, 0.25) is 0 Å². The molecule has 0 saturated carbocycles. The normalized spacial score (nSPS) is 20.0. The van der Waals surface area contributed by atoms with Gasteiger partial charge in [0.15, 0.2) is 0 Å². The number of amides is 2. The number of rotatable bonds is 2. The lowest BCUT2D eigenvalue weighted by Gasteiger charge is -2.39. The Hall–Kier alpha value is -3.06. The van der Waals surface area contributed by atoms with Crippen molar-refractivity contribution >= 4 is 28.9 Å². The molecule has 2 aliphatic heterocycles. The standard InChI is InChI=1S/C17H25N3O.C8H10N2O/c1-12-10-15-11-16(19-8-6-18-7-9-19)4-5-17(15)20(13(12)2)14(3)21;1-10-8(11)6-2-4-7(9)5-3-6/h4-5,11-13,18H,6-10H2,1-3H3;2-5H,9H2,1H3,(H,10,11)/t12?,13-;/m0./s1. The molecule has 0 aromatic heterocycles. The van der Waals surface area contributed by atoms with E-state index in [-0.39, 0.29) is 17.9 Å². The number of nitrogens with zero attached hydrogens (tertiary/aromatic N) is 2.